The number of aliphatic hydroxyl groups excluding tert-OH is 2. The van der Waals surface area contributed by atoms with E-state index in [4.69, 9.17) is 23.8 Å². The molecule has 4 rings (SSSR count). The van der Waals surface area contributed by atoms with E-state index in [0.29, 0.717) is 5.56 Å². The minimum Gasteiger partial charge on any atom is -0.460 e. The molecule has 16 nitrogen and oxygen atoms in total. The van der Waals surface area contributed by atoms with Crippen molar-refractivity contribution in [3.8, 4) is 11.8 Å². The molecule has 0 aliphatic carbocycles. The minimum atomic E-state index is -4.64. The summed E-state index contributed by atoms with van der Waals surface area (Å²) in [7, 11) is -4.64. The van der Waals surface area contributed by atoms with Gasteiger partial charge in [-0.1, -0.05) is 35.4 Å². The Labute approximate surface area is 250 Å². The standard InChI is InChI=1S/C27H27N6O10P/c1-17(26(38)40-15-19-5-3-2-4-6-19)30-44(39,43-21-9-7-18(14-28)8-10-21)41-16-27(31-32-29)24(37)23(36)25(42-27)33-12-11-20(34)13-22(33)35/h2-12,17,23-25,36-37H,13,15-16H2,1H3,(H,30,39)/t17-,23+,24-,25+,27+,44?/m0/s1. The van der Waals surface area contributed by atoms with Gasteiger partial charge in [-0.2, -0.15) is 10.3 Å². The first-order valence-electron chi connectivity index (χ1n) is 13.0. The van der Waals surface area contributed by atoms with Gasteiger partial charge >= 0.3 is 13.7 Å². The topological polar surface area (TPSA) is 233 Å². The van der Waals surface area contributed by atoms with Crippen molar-refractivity contribution in [3.63, 3.8) is 0 Å². The molecular weight excluding hydrogens is 599 g/mol. The highest BCUT2D eigenvalue weighted by Gasteiger charge is 2.58. The molecule has 0 spiro atoms. The number of nitrogens with zero attached hydrogens (tertiary/aromatic N) is 5. The second-order valence-corrected chi connectivity index (χ2v) is 11.4. The molecule has 2 aromatic rings. The Morgan fingerprint density at radius 2 is 1.98 bits per heavy atom. The van der Waals surface area contributed by atoms with Gasteiger partial charge in [-0.3, -0.25) is 23.8 Å². The normalized spacial score (nSPS) is 25.0. The predicted octanol–water partition coefficient (Wildman–Crippen LogP) is 2.18. The van der Waals surface area contributed by atoms with E-state index in [1.54, 1.807) is 30.3 Å². The lowest BCUT2D eigenvalue weighted by atomic mass is 10.1. The quantitative estimate of drug-likeness (QED) is 0.0768. The van der Waals surface area contributed by atoms with E-state index in [1.165, 1.54) is 31.2 Å². The zero-order valence-corrected chi connectivity index (χ0v) is 24.0. The number of ether oxygens (including phenoxy) is 2. The second kappa shape index (κ2) is 13.8. The number of ketones is 1. The molecule has 0 radical (unpaired) electrons. The molecule has 3 N–H and O–H groups in total. The highest BCUT2D eigenvalue weighted by atomic mass is 31.2. The molecule has 0 aromatic heterocycles. The first kappa shape index (κ1) is 32.3. The maximum absolute atomic E-state index is 14.0. The van der Waals surface area contributed by atoms with E-state index in [9.17, 15) is 34.7 Å². The third-order valence-electron chi connectivity index (χ3n) is 6.50. The summed E-state index contributed by atoms with van der Waals surface area (Å²) in [6, 6.07) is 14.8. The zero-order chi connectivity index (χ0) is 31.9. The number of aliphatic hydroxyl groups is 2. The summed E-state index contributed by atoms with van der Waals surface area (Å²) >= 11 is 0. The average molecular weight is 627 g/mol. The Hall–Kier alpha value is -4.58. The average Bonchev–Trinajstić information content (AvgIpc) is 3.25. The number of carbonyl (C=O) groups is 3. The molecule has 230 valence electrons. The summed E-state index contributed by atoms with van der Waals surface area (Å²) in [4.78, 5) is 40.2. The van der Waals surface area contributed by atoms with Crippen LogP contribution in [0.1, 0.15) is 24.5 Å². The lowest BCUT2D eigenvalue weighted by Gasteiger charge is -2.31. The van der Waals surface area contributed by atoms with Crippen molar-refractivity contribution in [1.82, 2.24) is 9.99 Å². The second-order valence-electron chi connectivity index (χ2n) is 9.68. The molecule has 0 bridgehead atoms. The Bertz CT molecular complexity index is 1560. The van der Waals surface area contributed by atoms with Crippen LogP contribution in [0.15, 0.2) is 72.0 Å². The van der Waals surface area contributed by atoms with Crippen LogP contribution in [0.25, 0.3) is 10.4 Å². The maximum Gasteiger partial charge on any atom is 0.459 e. The largest absolute Gasteiger partial charge is 0.460 e. The van der Waals surface area contributed by atoms with Crippen LogP contribution in [-0.2, 0) is 39.6 Å². The molecule has 2 aliphatic heterocycles. The number of benzene rings is 2. The van der Waals surface area contributed by atoms with Gasteiger partial charge in [0.05, 0.1) is 24.7 Å². The molecule has 1 fully saturated rings. The van der Waals surface area contributed by atoms with Gasteiger partial charge in [-0.25, -0.2) is 4.57 Å². The van der Waals surface area contributed by atoms with Crippen LogP contribution in [0, 0.1) is 11.3 Å². The molecule has 2 heterocycles. The Balaban J connectivity index is 1.56. The van der Waals surface area contributed by atoms with Crippen LogP contribution >= 0.6 is 7.75 Å². The third-order valence-corrected chi connectivity index (χ3v) is 8.13. The summed E-state index contributed by atoms with van der Waals surface area (Å²) in [6.07, 6.45) is -3.90. The zero-order valence-electron chi connectivity index (χ0n) is 23.1. The maximum atomic E-state index is 14.0. The van der Waals surface area contributed by atoms with Gasteiger partial charge in [0.25, 0.3) is 0 Å². The monoisotopic (exact) mass is 626 g/mol. The first-order chi connectivity index (χ1) is 21.0. The summed E-state index contributed by atoms with van der Waals surface area (Å²) < 4.78 is 36.0. The predicted molar refractivity (Wildman–Crippen MR) is 149 cm³/mol. The summed E-state index contributed by atoms with van der Waals surface area (Å²) in [5.74, 6) is -2.14. The van der Waals surface area contributed by atoms with E-state index >= 15 is 0 Å². The smallest absolute Gasteiger partial charge is 0.459 e. The third kappa shape index (κ3) is 7.49. The van der Waals surface area contributed by atoms with Crippen molar-refractivity contribution in [2.24, 2.45) is 5.11 Å². The number of amides is 1. The Morgan fingerprint density at radius 1 is 1.27 bits per heavy atom. The van der Waals surface area contributed by atoms with Gasteiger partial charge in [-0.15, -0.1) is 0 Å². The molecule has 1 unspecified atom stereocenters. The number of carbonyl (C=O) groups excluding carboxylic acids is 3. The van der Waals surface area contributed by atoms with Crippen molar-refractivity contribution < 1.29 is 47.7 Å². The van der Waals surface area contributed by atoms with Gasteiger partial charge in [0, 0.05) is 11.1 Å². The molecule has 44 heavy (non-hydrogen) atoms. The molecule has 6 atom stereocenters. The van der Waals surface area contributed by atoms with Crippen LogP contribution < -0.4 is 9.61 Å². The molecule has 2 aromatic carbocycles. The van der Waals surface area contributed by atoms with Crippen LogP contribution in [0.4, 0.5) is 0 Å². The molecular formula is C27H27N6O10P. The van der Waals surface area contributed by atoms with Crippen LogP contribution in [0.3, 0.4) is 0 Å². The van der Waals surface area contributed by atoms with Gasteiger partial charge in [0.2, 0.25) is 11.6 Å². The molecule has 0 saturated carbocycles. The van der Waals surface area contributed by atoms with Crippen molar-refractivity contribution in [3.05, 3.63) is 88.4 Å². The van der Waals surface area contributed by atoms with Gasteiger partial charge in [0.1, 0.15) is 30.6 Å². The number of hydrogen-bond donors (Lipinski definition) is 3. The fourth-order valence-corrected chi connectivity index (χ4v) is 5.73. The van der Waals surface area contributed by atoms with Crippen LogP contribution in [0.5, 0.6) is 5.75 Å². The number of nitrogens with one attached hydrogen (secondary N) is 1. The minimum absolute atomic E-state index is 0.0537. The van der Waals surface area contributed by atoms with Gasteiger partial charge in [0.15, 0.2) is 12.0 Å². The highest BCUT2D eigenvalue weighted by Crippen LogP contribution is 2.47. The van der Waals surface area contributed by atoms with Crippen LogP contribution in [-0.4, -0.2) is 69.6 Å². The first-order valence-corrected chi connectivity index (χ1v) is 14.6. The SMILES string of the molecule is C[C@H](NP(=O)(OC[C@@]1(N=[N+]=[N-])O[C@@H](N2C=CC(=O)CC2=O)[C@H](O)[C@@H]1O)Oc1ccc(C#N)cc1)C(=O)OCc1ccccc1. The number of allylic oxidation sites excluding steroid dienone is 1. The highest BCUT2D eigenvalue weighted by molar-refractivity contribution is 7.52. The Morgan fingerprint density at radius 3 is 2.61 bits per heavy atom. The molecule has 2 aliphatic rings. The van der Waals surface area contributed by atoms with Gasteiger partial charge < -0.3 is 24.2 Å². The number of azide groups is 1. The van der Waals surface area contributed by atoms with E-state index in [2.05, 4.69) is 15.1 Å². The number of esters is 1. The van der Waals surface area contributed by atoms with E-state index in [-0.39, 0.29) is 17.9 Å². The summed E-state index contributed by atoms with van der Waals surface area (Å²) in [5, 5.41) is 36.5. The van der Waals surface area contributed by atoms with Gasteiger partial charge in [-0.05, 0) is 48.4 Å². The lowest BCUT2D eigenvalue weighted by Crippen LogP contribution is -2.46. The van der Waals surface area contributed by atoms with Crippen molar-refractivity contribution in [1.29, 1.82) is 5.26 Å². The van der Waals surface area contributed by atoms with E-state index in [0.717, 1.165) is 17.2 Å². The van der Waals surface area contributed by atoms with Crippen molar-refractivity contribution in [2.45, 2.75) is 50.2 Å². The summed E-state index contributed by atoms with van der Waals surface area (Å²) in [5.41, 5.74) is 7.77. The molecule has 1 saturated heterocycles. The molecule has 17 heteroatoms. The van der Waals surface area contributed by atoms with Crippen molar-refractivity contribution >= 4 is 25.4 Å². The molecule has 1 amide bonds. The number of hydrogen-bond acceptors (Lipinski definition) is 12. The van der Waals surface area contributed by atoms with Crippen LogP contribution in [0.2, 0.25) is 0 Å². The fraction of sp³-hybridized carbons (Fsp3) is 0.333. The summed E-state index contributed by atoms with van der Waals surface area (Å²) in [6.45, 7) is 0.232. The number of rotatable bonds is 12. The fourth-order valence-electron chi connectivity index (χ4n) is 4.21. The van der Waals surface area contributed by atoms with E-state index < -0.39 is 68.6 Å². The van der Waals surface area contributed by atoms with E-state index in [1.807, 2.05) is 6.07 Å². The Kier molecular flexibility index (Phi) is 10.1. The van der Waals surface area contributed by atoms with Crippen molar-refractivity contribution in [2.75, 3.05) is 6.61 Å². The number of nitriles is 1. The lowest BCUT2D eigenvalue weighted by molar-refractivity contribution is -0.159.